The number of anilines is 1. The Balaban J connectivity index is 1.80. The fourth-order valence-corrected chi connectivity index (χ4v) is 4.35. The van der Waals surface area contributed by atoms with Crippen molar-refractivity contribution in [2.24, 2.45) is 10.9 Å². The van der Waals surface area contributed by atoms with Crippen molar-refractivity contribution in [2.45, 2.75) is 35.7 Å². The zero-order chi connectivity index (χ0) is 22.1. The average Bonchev–Trinajstić information content (AvgIpc) is 3.03. The van der Waals surface area contributed by atoms with E-state index in [0.717, 1.165) is 5.52 Å². The molecule has 9 nitrogen and oxygen atoms in total. The molecule has 0 aliphatic rings. The summed E-state index contributed by atoms with van der Waals surface area (Å²) >= 11 is 1.25. The molecule has 1 heterocycles. The van der Waals surface area contributed by atoms with E-state index in [9.17, 15) is 18.0 Å². The maximum absolute atomic E-state index is 12.6. The van der Waals surface area contributed by atoms with Crippen LogP contribution < -0.4 is 16.2 Å². The third-order valence-electron chi connectivity index (χ3n) is 4.42. The number of nitrogens with one attached hydrogen (secondary N) is 1. The second-order valence-electron chi connectivity index (χ2n) is 6.53. The van der Waals surface area contributed by atoms with Gasteiger partial charge in [-0.2, -0.15) is 0 Å². The number of aryl methyl sites for hydroxylation is 1. The maximum atomic E-state index is 12.6. The molecule has 0 radical (unpaired) electrons. The zero-order valence-corrected chi connectivity index (χ0v) is 18.0. The minimum Gasteiger partial charge on any atom is -0.366 e. The first-order chi connectivity index (χ1) is 14.1. The number of aromatic nitrogens is 2. The highest BCUT2D eigenvalue weighted by Gasteiger charge is 2.20. The highest BCUT2D eigenvalue weighted by Crippen LogP contribution is 2.29. The lowest BCUT2D eigenvalue weighted by Gasteiger charge is -2.13. The van der Waals surface area contributed by atoms with Crippen LogP contribution in [0.2, 0.25) is 0 Å². The quantitative estimate of drug-likeness (QED) is 0.471. The largest absolute Gasteiger partial charge is 0.366 e. The van der Waals surface area contributed by atoms with Crippen LogP contribution in [-0.4, -0.2) is 35.0 Å². The van der Waals surface area contributed by atoms with Gasteiger partial charge in [-0.3, -0.25) is 9.59 Å². The minimum atomic E-state index is -3.83. The number of primary amides is 1. The first kappa shape index (κ1) is 21.8. The molecule has 0 saturated carbocycles. The van der Waals surface area contributed by atoms with E-state index >= 15 is 0 Å². The molecule has 0 aliphatic carbocycles. The van der Waals surface area contributed by atoms with Crippen LogP contribution in [0.3, 0.4) is 0 Å². The molecule has 2 aromatic carbocycles. The molecule has 0 aliphatic heterocycles. The zero-order valence-electron chi connectivity index (χ0n) is 16.3. The van der Waals surface area contributed by atoms with E-state index in [-0.39, 0.29) is 10.8 Å². The van der Waals surface area contributed by atoms with Crippen molar-refractivity contribution in [3.8, 4) is 0 Å². The third kappa shape index (κ3) is 4.64. The summed E-state index contributed by atoms with van der Waals surface area (Å²) in [4.78, 5) is 28.2. The number of carbonyl (C=O) groups excluding carboxylic acids is 2. The number of benzene rings is 2. The highest BCUT2D eigenvalue weighted by molar-refractivity contribution is 8.00. The van der Waals surface area contributed by atoms with Crippen LogP contribution >= 0.6 is 11.8 Å². The molecule has 1 aromatic heterocycles. The smallest absolute Gasteiger partial charge is 0.248 e. The number of nitrogens with two attached hydrogens (primary N) is 2. The molecule has 11 heteroatoms. The van der Waals surface area contributed by atoms with Crippen molar-refractivity contribution >= 4 is 50.3 Å². The number of hydrogen-bond acceptors (Lipinski definition) is 6. The van der Waals surface area contributed by atoms with Gasteiger partial charge in [-0.15, -0.1) is 0 Å². The summed E-state index contributed by atoms with van der Waals surface area (Å²) in [6, 6.07) is 10.8. The maximum Gasteiger partial charge on any atom is 0.248 e. The number of sulfonamides is 1. The number of thioether (sulfide) groups is 1. The molecule has 0 fully saturated rings. The average molecular weight is 448 g/mol. The number of nitrogens with zero attached hydrogens (tertiary/aromatic N) is 2. The van der Waals surface area contributed by atoms with Gasteiger partial charge in [0.1, 0.15) is 0 Å². The number of fused-ring (bicyclic) bond motifs is 1. The Labute approximate surface area is 177 Å². The fraction of sp³-hybridized carbons (Fsp3) is 0.211. The van der Waals surface area contributed by atoms with Gasteiger partial charge in [0.05, 0.1) is 21.2 Å². The molecule has 3 aromatic rings. The number of amides is 2. The number of rotatable bonds is 7. The van der Waals surface area contributed by atoms with E-state index in [0.29, 0.717) is 28.5 Å². The first-order valence-corrected chi connectivity index (χ1v) is 11.4. The lowest BCUT2D eigenvalue weighted by molar-refractivity contribution is -0.115. The predicted octanol–water partition coefficient (Wildman–Crippen LogP) is 1.92. The van der Waals surface area contributed by atoms with Gasteiger partial charge in [-0.05, 0) is 56.3 Å². The van der Waals surface area contributed by atoms with Crippen LogP contribution in [0, 0.1) is 0 Å². The van der Waals surface area contributed by atoms with Crippen LogP contribution in [0.1, 0.15) is 24.2 Å². The van der Waals surface area contributed by atoms with Gasteiger partial charge in [-0.1, -0.05) is 11.8 Å². The molecule has 1 unspecified atom stereocenters. The van der Waals surface area contributed by atoms with Gasteiger partial charge in [0, 0.05) is 17.8 Å². The standard InChI is InChI=1S/C19H21N5O4S2/c1-3-24-16-9-8-14(30(21,27)28)10-15(16)23-19(24)29-11(2)18(26)22-13-6-4-12(5-7-13)17(20)25/h4-11H,3H2,1-2H3,(H2,20,25)(H,22,26)(H2,21,27,28). The number of carbonyl (C=O) groups is 2. The Hall–Kier alpha value is -2.89. The van der Waals surface area contributed by atoms with E-state index in [2.05, 4.69) is 10.3 Å². The van der Waals surface area contributed by atoms with E-state index in [1.165, 1.54) is 36.0 Å². The lowest BCUT2D eigenvalue weighted by Crippen LogP contribution is -2.23. The second-order valence-corrected chi connectivity index (χ2v) is 9.39. The van der Waals surface area contributed by atoms with Gasteiger partial charge in [0.2, 0.25) is 21.8 Å². The van der Waals surface area contributed by atoms with Crippen LogP contribution in [0.5, 0.6) is 0 Å². The van der Waals surface area contributed by atoms with Gasteiger partial charge in [0.25, 0.3) is 0 Å². The van der Waals surface area contributed by atoms with E-state index in [1.807, 2.05) is 11.5 Å². The van der Waals surface area contributed by atoms with Crippen molar-refractivity contribution < 1.29 is 18.0 Å². The fourth-order valence-electron chi connectivity index (χ4n) is 2.83. The normalized spacial score (nSPS) is 12.6. The Morgan fingerprint density at radius 3 is 2.43 bits per heavy atom. The summed E-state index contributed by atoms with van der Waals surface area (Å²) in [6.07, 6.45) is 0. The van der Waals surface area contributed by atoms with E-state index < -0.39 is 21.2 Å². The summed E-state index contributed by atoms with van der Waals surface area (Å²) in [6.45, 7) is 4.27. The molecule has 30 heavy (non-hydrogen) atoms. The van der Waals surface area contributed by atoms with E-state index in [4.69, 9.17) is 10.9 Å². The number of hydrogen-bond donors (Lipinski definition) is 3. The van der Waals surface area contributed by atoms with Gasteiger partial charge in [0.15, 0.2) is 5.16 Å². The lowest BCUT2D eigenvalue weighted by atomic mass is 10.2. The van der Waals surface area contributed by atoms with Crippen molar-refractivity contribution in [2.75, 3.05) is 5.32 Å². The molecule has 5 N–H and O–H groups in total. The summed E-state index contributed by atoms with van der Waals surface area (Å²) in [7, 11) is -3.83. The minimum absolute atomic E-state index is 0.0162. The number of imidazole rings is 1. The molecule has 0 spiro atoms. The van der Waals surface area contributed by atoms with Crippen molar-refractivity contribution in [1.82, 2.24) is 9.55 Å². The summed E-state index contributed by atoms with van der Waals surface area (Å²) in [5, 5.41) is 8.09. The Bertz CT molecular complexity index is 1220. The Morgan fingerprint density at radius 1 is 1.20 bits per heavy atom. The number of primary sulfonamides is 1. The molecule has 3 rings (SSSR count). The van der Waals surface area contributed by atoms with Gasteiger partial charge in [-0.25, -0.2) is 18.5 Å². The van der Waals surface area contributed by atoms with Crippen LogP contribution in [-0.2, 0) is 21.4 Å². The van der Waals surface area contributed by atoms with E-state index in [1.54, 1.807) is 25.1 Å². The van der Waals surface area contributed by atoms with Crippen molar-refractivity contribution in [3.63, 3.8) is 0 Å². The molecule has 1 atom stereocenters. The summed E-state index contributed by atoms with van der Waals surface area (Å²) in [5.41, 5.74) is 7.34. The van der Waals surface area contributed by atoms with Gasteiger partial charge >= 0.3 is 0 Å². The Morgan fingerprint density at radius 2 is 1.87 bits per heavy atom. The molecule has 0 saturated heterocycles. The predicted molar refractivity (Wildman–Crippen MR) is 116 cm³/mol. The van der Waals surface area contributed by atoms with Crippen molar-refractivity contribution in [1.29, 1.82) is 0 Å². The van der Waals surface area contributed by atoms with Crippen LogP contribution in [0.4, 0.5) is 5.69 Å². The third-order valence-corrected chi connectivity index (χ3v) is 6.42. The highest BCUT2D eigenvalue weighted by atomic mass is 32.2. The summed E-state index contributed by atoms with van der Waals surface area (Å²) < 4.78 is 25.1. The summed E-state index contributed by atoms with van der Waals surface area (Å²) in [5.74, 6) is -0.785. The molecular formula is C19H21N5O4S2. The van der Waals surface area contributed by atoms with Crippen molar-refractivity contribution in [3.05, 3.63) is 48.0 Å². The first-order valence-electron chi connectivity index (χ1n) is 9.00. The molecular weight excluding hydrogens is 426 g/mol. The van der Waals surface area contributed by atoms with Gasteiger partial charge < -0.3 is 15.6 Å². The Kier molecular flexibility index (Phi) is 6.15. The molecule has 158 valence electrons. The van der Waals surface area contributed by atoms with Crippen LogP contribution in [0.15, 0.2) is 52.5 Å². The second kappa shape index (κ2) is 8.46. The monoisotopic (exact) mass is 447 g/mol. The van der Waals surface area contributed by atoms with Crippen LogP contribution in [0.25, 0.3) is 11.0 Å². The SMILES string of the molecule is CCn1c(SC(C)C(=O)Nc2ccc(C(N)=O)cc2)nc2cc(S(N)(=O)=O)ccc21. The topological polar surface area (TPSA) is 150 Å². The molecule has 0 bridgehead atoms. The molecule has 2 amide bonds.